The van der Waals surface area contributed by atoms with E-state index in [0.717, 1.165) is 5.69 Å². The zero-order chi connectivity index (χ0) is 23.4. The summed E-state index contributed by atoms with van der Waals surface area (Å²) in [6.07, 6.45) is 0. The number of aromatic nitrogens is 1. The van der Waals surface area contributed by atoms with Crippen LogP contribution in [0, 0.1) is 6.92 Å². The molecule has 0 aliphatic heterocycles. The monoisotopic (exact) mass is 460 g/mol. The Hall–Kier alpha value is -4.04. The van der Waals surface area contributed by atoms with Gasteiger partial charge in [-0.15, -0.1) is 11.3 Å². The number of hydrogen-bond donors (Lipinski definition) is 0. The SMILES string of the molecule is CC(=O)c1ccc(-c2ccc(C(=O)OCC(=O)N(c3ccccc3)c3nc(C)cs3)o2)cc1. The number of carbonyl (C=O) groups is 3. The van der Waals surface area contributed by atoms with Gasteiger partial charge in [0.05, 0.1) is 11.4 Å². The lowest BCUT2D eigenvalue weighted by molar-refractivity contribution is -0.121. The fraction of sp³-hybridized carbons (Fsp3) is 0.120. The van der Waals surface area contributed by atoms with Gasteiger partial charge >= 0.3 is 5.97 Å². The van der Waals surface area contributed by atoms with Crippen molar-refractivity contribution in [3.63, 3.8) is 0 Å². The van der Waals surface area contributed by atoms with Crippen LogP contribution in [0.3, 0.4) is 0 Å². The quantitative estimate of drug-likeness (QED) is 0.270. The number of Topliss-reactive ketones (excluding diaryl/α,β-unsaturated/α-hetero) is 1. The van der Waals surface area contributed by atoms with Gasteiger partial charge in [-0.1, -0.05) is 42.5 Å². The van der Waals surface area contributed by atoms with E-state index in [-0.39, 0.29) is 11.5 Å². The first kappa shape index (κ1) is 22.2. The van der Waals surface area contributed by atoms with Gasteiger partial charge < -0.3 is 9.15 Å². The number of ether oxygens (including phenoxy) is 1. The Morgan fingerprint density at radius 1 is 1.00 bits per heavy atom. The predicted molar refractivity (Wildman–Crippen MR) is 125 cm³/mol. The van der Waals surface area contributed by atoms with E-state index >= 15 is 0 Å². The summed E-state index contributed by atoms with van der Waals surface area (Å²) < 4.78 is 10.8. The van der Waals surface area contributed by atoms with Crippen LogP contribution in [0.15, 0.2) is 76.5 Å². The second kappa shape index (κ2) is 9.62. The number of hydrogen-bond acceptors (Lipinski definition) is 7. The third-order valence-electron chi connectivity index (χ3n) is 4.77. The molecule has 33 heavy (non-hydrogen) atoms. The summed E-state index contributed by atoms with van der Waals surface area (Å²) in [4.78, 5) is 42.7. The van der Waals surface area contributed by atoms with Gasteiger partial charge in [-0.25, -0.2) is 9.78 Å². The molecule has 2 heterocycles. The molecule has 0 saturated heterocycles. The second-order valence-electron chi connectivity index (χ2n) is 7.21. The summed E-state index contributed by atoms with van der Waals surface area (Å²) in [5.41, 5.74) is 2.72. The number of benzene rings is 2. The van der Waals surface area contributed by atoms with Gasteiger partial charge in [-0.3, -0.25) is 14.5 Å². The highest BCUT2D eigenvalue weighted by Gasteiger charge is 2.23. The molecule has 4 aromatic rings. The molecule has 4 rings (SSSR count). The molecule has 0 saturated carbocycles. The molecule has 0 radical (unpaired) electrons. The van der Waals surface area contributed by atoms with Gasteiger partial charge in [0.25, 0.3) is 5.91 Å². The molecule has 0 fully saturated rings. The Labute approximate surface area is 194 Å². The van der Waals surface area contributed by atoms with E-state index in [9.17, 15) is 14.4 Å². The molecule has 8 heteroatoms. The molecule has 0 spiro atoms. The predicted octanol–water partition coefficient (Wildman–Crippen LogP) is 5.44. The summed E-state index contributed by atoms with van der Waals surface area (Å²) >= 11 is 1.33. The van der Waals surface area contributed by atoms with Crippen molar-refractivity contribution < 1.29 is 23.5 Å². The van der Waals surface area contributed by atoms with Gasteiger partial charge in [0.2, 0.25) is 5.76 Å². The van der Waals surface area contributed by atoms with Gasteiger partial charge in [0, 0.05) is 16.5 Å². The van der Waals surface area contributed by atoms with Gasteiger partial charge in [-0.05, 0) is 38.1 Å². The smallest absolute Gasteiger partial charge is 0.374 e. The Morgan fingerprint density at radius 2 is 1.73 bits per heavy atom. The summed E-state index contributed by atoms with van der Waals surface area (Å²) in [5.74, 6) is -0.793. The van der Waals surface area contributed by atoms with Crippen LogP contribution in [0.25, 0.3) is 11.3 Å². The number of amides is 1. The fourth-order valence-corrected chi connectivity index (χ4v) is 3.96. The standard InChI is InChI=1S/C25H20N2O5S/c1-16-15-33-25(26-16)27(20-6-4-3-5-7-20)23(29)14-31-24(30)22-13-12-21(32-22)19-10-8-18(9-11-19)17(2)28/h3-13,15H,14H2,1-2H3. The molecule has 166 valence electrons. The molecule has 2 aromatic heterocycles. The van der Waals surface area contributed by atoms with E-state index in [1.807, 2.05) is 30.5 Å². The van der Waals surface area contributed by atoms with E-state index in [1.54, 1.807) is 42.5 Å². The van der Waals surface area contributed by atoms with Gasteiger partial charge in [0.15, 0.2) is 17.5 Å². The lowest BCUT2D eigenvalue weighted by Gasteiger charge is -2.19. The molecule has 0 aliphatic carbocycles. The minimum atomic E-state index is -0.752. The van der Waals surface area contributed by atoms with Crippen LogP contribution in [0.4, 0.5) is 10.8 Å². The van der Waals surface area contributed by atoms with Crippen LogP contribution < -0.4 is 4.90 Å². The van der Waals surface area contributed by atoms with Gasteiger partial charge in [-0.2, -0.15) is 0 Å². The maximum atomic E-state index is 13.0. The number of esters is 1. The van der Waals surface area contributed by atoms with Crippen molar-refractivity contribution >= 4 is 39.8 Å². The minimum Gasteiger partial charge on any atom is -0.450 e. The zero-order valence-corrected chi connectivity index (χ0v) is 18.8. The third-order valence-corrected chi connectivity index (χ3v) is 5.72. The number of furan rings is 1. The van der Waals surface area contributed by atoms with Gasteiger partial charge in [0.1, 0.15) is 5.76 Å². The van der Waals surface area contributed by atoms with Crippen molar-refractivity contribution in [1.29, 1.82) is 0 Å². The van der Waals surface area contributed by atoms with Crippen LogP contribution >= 0.6 is 11.3 Å². The molecule has 7 nitrogen and oxygen atoms in total. The molecular formula is C25H20N2O5S. The number of para-hydroxylation sites is 1. The molecule has 0 aliphatic rings. The summed E-state index contributed by atoms with van der Waals surface area (Å²) in [6, 6.07) is 19.0. The lowest BCUT2D eigenvalue weighted by Crippen LogP contribution is -2.30. The largest absolute Gasteiger partial charge is 0.450 e. The third kappa shape index (κ3) is 5.07. The number of thiazole rings is 1. The van der Waals surface area contributed by atoms with E-state index in [4.69, 9.17) is 9.15 Å². The van der Waals surface area contributed by atoms with Crippen molar-refractivity contribution in [1.82, 2.24) is 4.98 Å². The number of ketones is 1. The maximum Gasteiger partial charge on any atom is 0.374 e. The number of anilines is 2. The highest BCUT2D eigenvalue weighted by atomic mass is 32.1. The highest BCUT2D eigenvalue weighted by molar-refractivity contribution is 7.14. The summed E-state index contributed by atoms with van der Waals surface area (Å²) in [7, 11) is 0. The topological polar surface area (TPSA) is 89.7 Å². The molecule has 1 amide bonds. The van der Waals surface area contributed by atoms with Crippen molar-refractivity contribution in [2.75, 3.05) is 11.5 Å². The Kier molecular flexibility index (Phi) is 6.46. The fourth-order valence-electron chi connectivity index (χ4n) is 3.12. The highest BCUT2D eigenvalue weighted by Crippen LogP contribution is 2.29. The first-order valence-corrected chi connectivity index (χ1v) is 11.0. The number of rotatable bonds is 7. The average molecular weight is 461 g/mol. The lowest BCUT2D eigenvalue weighted by atomic mass is 10.1. The normalized spacial score (nSPS) is 10.6. The number of carbonyl (C=O) groups excluding carboxylic acids is 3. The molecule has 0 N–H and O–H groups in total. The van der Waals surface area contributed by atoms with E-state index < -0.39 is 18.5 Å². The Bertz CT molecular complexity index is 1290. The van der Waals surface area contributed by atoms with Crippen LogP contribution in [-0.4, -0.2) is 29.3 Å². The Balaban J connectivity index is 1.45. The minimum absolute atomic E-state index is 0.0233. The molecule has 0 atom stereocenters. The van der Waals surface area contributed by atoms with Crippen LogP contribution in [0.2, 0.25) is 0 Å². The van der Waals surface area contributed by atoms with Crippen molar-refractivity contribution in [3.05, 3.63) is 89.1 Å². The van der Waals surface area contributed by atoms with Crippen molar-refractivity contribution in [2.45, 2.75) is 13.8 Å². The maximum absolute atomic E-state index is 13.0. The molecule has 0 unspecified atom stereocenters. The van der Waals surface area contributed by atoms with Crippen molar-refractivity contribution in [3.8, 4) is 11.3 Å². The molecule has 0 bridgehead atoms. The zero-order valence-electron chi connectivity index (χ0n) is 18.0. The summed E-state index contributed by atoms with van der Waals surface area (Å²) in [5, 5.41) is 2.34. The summed E-state index contributed by atoms with van der Waals surface area (Å²) in [6.45, 7) is 2.86. The van der Waals surface area contributed by atoms with E-state index in [1.165, 1.54) is 29.2 Å². The van der Waals surface area contributed by atoms with Crippen LogP contribution in [-0.2, 0) is 9.53 Å². The second-order valence-corrected chi connectivity index (χ2v) is 8.05. The molecule has 2 aromatic carbocycles. The first-order valence-electron chi connectivity index (χ1n) is 10.1. The van der Waals surface area contributed by atoms with E-state index in [0.29, 0.717) is 27.7 Å². The first-order chi connectivity index (χ1) is 15.9. The van der Waals surface area contributed by atoms with Crippen molar-refractivity contribution in [2.24, 2.45) is 0 Å². The van der Waals surface area contributed by atoms with Crippen LogP contribution in [0.1, 0.15) is 33.5 Å². The number of aryl methyl sites for hydroxylation is 1. The average Bonchev–Trinajstić information content (AvgIpc) is 3.48. The Morgan fingerprint density at radius 3 is 2.36 bits per heavy atom. The van der Waals surface area contributed by atoms with E-state index in [2.05, 4.69) is 4.98 Å². The van der Waals surface area contributed by atoms with Crippen LogP contribution in [0.5, 0.6) is 0 Å². The number of nitrogens with zero attached hydrogens (tertiary/aromatic N) is 2. The molecular weight excluding hydrogens is 440 g/mol.